The van der Waals surface area contributed by atoms with Gasteiger partial charge in [0.25, 0.3) is 0 Å². The van der Waals surface area contributed by atoms with Crippen molar-refractivity contribution in [3.63, 3.8) is 0 Å². The van der Waals surface area contributed by atoms with Gasteiger partial charge in [0.05, 0.1) is 5.69 Å². The number of hydrogen-bond donors (Lipinski definition) is 1. The van der Waals surface area contributed by atoms with E-state index < -0.39 is 0 Å². The van der Waals surface area contributed by atoms with Crippen molar-refractivity contribution in [1.82, 2.24) is 0 Å². The first-order valence-electron chi connectivity index (χ1n) is 8.27. The fourth-order valence-corrected chi connectivity index (χ4v) is 3.44. The molecule has 2 rings (SSSR count). The molecule has 1 fully saturated rings. The molecule has 2 atom stereocenters. The number of nitrogens with zero attached hydrogens (tertiary/aromatic N) is 1. The summed E-state index contributed by atoms with van der Waals surface area (Å²) in [6.45, 7) is 8.48. The van der Waals surface area contributed by atoms with E-state index in [4.69, 9.17) is 5.73 Å². The molecule has 21 heavy (non-hydrogen) atoms. The lowest BCUT2D eigenvalue weighted by Crippen LogP contribution is -2.28. The topological polar surface area (TPSA) is 29.3 Å². The van der Waals surface area contributed by atoms with Gasteiger partial charge in [-0.1, -0.05) is 26.0 Å². The fourth-order valence-electron chi connectivity index (χ4n) is 3.44. The number of hydrogen-bond acceptors (Lipinski definition) is 2. The summed E-state index contributed by atoms with van der Waals surface area (Å²) in [6.07, 6.45) is 4.29. The lowest BCUT2D eigenvalue weighted by Gasteiger charge is -2.27. The van der Waals surface area contributed by atoms with Crippen LogP contribution in [0.2, 0.25) is 0 Å². The van der Waals surface area contributed by atoms with Crippen LogP contribution in [0.4, 0.5) is 10.1 Å². The van der Waals surface area contributed by atoms with Crippen LogP contribution in [0.1, 0.15) is 45.6 Å². The number of anilines is 1. The molecule has 2 unspecified atom stereocenters. The van der Waals surface area contributed by atoms with Gasteiger partial charge < -0.3 is 10.6 Å². The molecular weight excluding hydrogens is 263 g/mol. The van der Waals surface area contributed by atoms with Crippen molar-refractivity contribution in [3.05, 3.63) is 29.6 Å². The van der Waals surface area contributed by atoms with E-state index in [1.807, 2.05) is 13.0 Å². The lowest BCUT2D eigenvalue weighted by atomic mass is 9.89. The Bertz CT molecular complexity index is 457. The van der Waals surface area contributed by atoms with Crippen LogP contribution in [0.5, 0.6) is 0 Å². The van der Waals surface area contributed by atoms with Gasteiger partial charge in [0, 0.05) is 19.1 Å². The summed E-state index contributed by atoms with van der Waals surface area (Å²) in [6, 6.07) is 5.45. The molecule has 118 valence electrons. The van der Waals surface area contributed by atoms with Gasteiger partial charge in [-0.15, -0.1) is 0 Å². The first-order chi connectivity index (χ1) is 9.99. The number of halogens is 1. The quantitative estimate of drug-likeness (QED) is 0.909. The van der Waals surface area contributed by atoms with Gasteiger partial charge in [0.2, 0.25) is 0 Å². The average Bonchev–Trinajstić information content (AvgIpc) is 2.64. The Labute approximate surface area is 128 Å². The molecule has 1 aromatic carbocycles. The summed E-state index contributed by atoms with van der Waals surface area (Å²) in [5.41, 5.74) is 7.76. The van der Waals surface area contributed by atoms with Crippen LogP contribution in [-0.2, 0) is 6.42 Å². The molecule has 1 aliphatic rings. The Morgan fingerprint density at radius 1 is 1.24 bits per heavy atom. The first-order valence-corrected chi connectivity index (χ1v) is 8.27. The third-order valence-corrected chi connectivity index (χ3v) is 4.64. The number of rotatable bonds is 4. The SMILES string of the molecule is CC(N)Cc1cccc(F)c1N1CCCC(C(C)C)CC1. The van der Waals surface area contributed by atoms with Gasteiger partial charge in [0.1, 0.15) is 5.82 Å². The highest BCUT2D eigenvalue weighted by molar-refractivity contribution is 5.55. The second-order valence-corrected chi connectivity index (χ2v) is 6.85. The maximum atomic E-state index is 14.4. The van der Waals surface area contributed by atoms with E-state index in [-0.39, 0.29) is 11.9 Å². The molecule has 0 aliphatic carbocycles. The minimum absolute atomic E-state index is 0.0564. The minimum atomic E-state index is -0.101. The van der Waals surface area contributed by atoms with Crippen molar-refractivity contribution in [1.29, 1.82) is 0 Å². The Morgan fingerprint density at radius 2 is 2.00 bits per heavy atom. The monoisotopic (exact) mass is 292 g/mol. The molecule has 0 saturated carbocycles. The molecule has 1 aromatic rings. The molecule has 0 radical (unpaired) electrons. The highest BCUT2D eigenvalue weighted by Gasteiger charge is 2.23. The predicted molar refractivity (Wildman–Crippen MR) is 88.1 cm³/mol. The molecule has 0 bridgehead atoms. The Balaban J connectivity index is 2.20. The highest BCUT2D eigenvalue weighted by Crippen LogP contribution is 2.31. The minimum Gasteiger partial charge on any atom is -0.369 e. The molecule has 2 nitrogen and oxygen atoms in total. The van der Waals surface area contributed by atoms with Gasteiger partial charge in [-0.2, -0.15) is 0 Å². The Morgan fingerprint density at radius 3 is 2.67 bits per heavy atom. The summed E-state index contributed by atoms with van der Waals surface area (Å²) in [5, 5.41) is 0. The van der Waals surface area contributed by atoms with Gasteiger partial charge in [-0.25, -0.2) is 4.39 Å². The molecule has 0 spiro atoms. The maximum Gasteiger partial charge on any atom is 0.146 e. The zero-order valence-electron chi connectivity index (χ0n) is 13.6. The second-order valence-electron chi connectivity index (χ2n) is 6.85. The standard InChI is InChI=1S/C18H29FN2/c1-13(2)15-7-5-10-21(11-9-15)18-16(12-14(3)20)6-4-8-17(18)19/h4,6,8,13-15H,5,7,9-12,20H2,1-3H3. The summed E-state index contributed by atoms with van der Waals surface area (Å²) >= 11 is 0. The molecule has 0 amide bonds. The van der Waals surface area contributed by atoms with Crippen LogP contribution in [0, 0.1) is 17.7 Å². The number of nitrogens with two attached hydrogens (primary N) is 1. The molecule has 3 heteroatoms. The molecule has 1 heterocycles. The van der Waals surface area contributed by atoms with Crippen molar-refractivity contribution < 1.29 is 4.39 Å². The van der Waals surface area contributed by atoms with Gasteiger partial charge >= 0.3 is 0 Å². The van der Waals surface area contributed by atoms with Crippen LogP contribution in [0.25, 0.3) is 0 Å². The van der Waals surface area contributed by atoms with Crippen molar-refractivity contribution in [2.75, 3.05) is 18.0 Å². The van der Waals surface area contributed by atoms with Crippen molar-refractivity contribution in [2.45, 2.75) is 52.5 Å². The zero-order chi connectivity index (χ0) is 15.4. The van der Waals surface area contributed by atoms with E-state index in [1.165, 1.54) is 6.42 Å². The average molecular weight is 292 g/mol. The van der Waals surface area contributed by atoms with Crippen LogP contribution in [0.15, 0.2) is 18.2 Å². The van der Waals surface area contributed by atoms with Gasteiger partial charge in [0.15, 0.2) is 0 Å². The third kappa shape index (κ3) is 4.19. The highest BCUT2D eigenvalue weighted by atomic mass is 19.1. The lowest BCUT2D eigenvalue weighted by molar-refractivity contribution is 0.351. The van der Waals surface area contributed by atoms with Gasteiger partial charge in [-0.3, -0.25) is 0 Å². The van der Waals surface area contributed by atoms with Crippen LogP contribution in [-0.4, -0.2) is 19.1 Å². The molecule has 2 N–H and O–H groups in total. The van der Waals surface area contributed by atoms with Crippen LogP contribution in [0.3, 0.4) is 0 Å². The summed E-state index contributed by atoms with van der Waals surface area (Å²) in [7, 11) is 0. The van der Waals surface area contributed by atoms with Crippen molar-refractivity contribution in [2.24, 2.45) is 17.6 Å². The predicted octanol–water partition coefficient (Wildman–Crippen LogP) is 3.98. The Hall–Kier alpha value is -1.09. The van der Waals surface area contributed by atoms with E-state index in [9.17, 15) is 4.39 Å². The van der Waals surface area contributed by atoms with E-state index in [1.54, 1.807) is 12.1 Å². The van der Waals surface area contributed by atoms with E-state index in [2.05, 4.69) is 18.7 Å². The zero-order valence-corrected chi connectivity index (χ0v) is 13.6. The van der Waals surface area contributed by atoms with Crippen LogP contribution >= 0.6 is 0 Å². The third-order valence-electron chi connectivity index (χ3n) is 4.64. The maximum absolute atomic E-state index is 14.4. The first kappa shape index (κ1) is 16.3. The van der Waals surface area contributed by atoms with E-state index >= 15 is 0 Å². The number of benzene rings is 1. The van der Waals surface area contributed by atoms with Crippen LogP contribution < -0.4 is 10.6 Å². The smallest absolute Gasteiger partial charge is 0.146 e. The van der Waals surface area contributed by atoms with Gasteiger partial charge in [-0.05, 0) is 56.1 Å². The molecular formula is C18H29FN2. The Kier molecular flexibility index (Phi) is 5.63. The van der Waals surface area contributed by atoms with E-state index in [0.717, 1.165) is 49.5 Å². The summed E-state index contributed by atoms with van der Waals surface area (Å²) in [5.74, 6) is 1.38. The molecule has 1 saturated heterocycles. The van der Waals surface area contributed by atoms with Crippen molar-refractivity contribution in [3.8, 4) is 0 Å². The van der Waals surface area contributed by atoms with Crippen molar-refractivity contribution >= 4 is 5.69 Å². The normalized spacial score (nSPS) is 21.4. The molecule has 0 aromatic heterocycles. The summed E-state index contributed by atoms with van der Waals surface area (Å²) in [4.78, 5) is 2.25. The largest absolute Gasteiger partial charge is 0.369 e. The number of para-hydroxylation sites is 1. The summed E-state index contributed by atoms with van der Waals surface area (Å²) < 4.78 is 14.4. The molecule has 1 aliphatic heterocycles. The van der Waals surface area contributed by atoms with E-state index in [0.29, 0.717) is 5.92 Å². The second kappa shape index (κ2) is 7.26. The fraction of sp³-hybridized carbons (Fsp3) is 0.667.